The van der Waals surface area contributed by atoms with Crippen molar-refractivity contribution in [1.82, 2.24) is 5.43 Å². The highest BCUT2D eigenvalue weighted by Crippen LogP contribution is 2.26. The van der Waals surface area contributed by atoms with Crippen LogP contribution >= 0.6 is 0 Å². The molecule has 0 spiro atoms. The van der Waals surface area contributed by atoms with Crippen molar-refractivity contribution in [1.29, 1.82) is 0 Å². The van der Waals surface area contributed by atoms with Gasteiger partial charge in [0.1, 0.15) is 5.75 Å². The normalized spacial score (nSPS) is 18.9. The van der Waals surface area contributed by atoms with Crippen LogP contribution in [-0.2, 0) is 9.59 Å². The summed E-state index contributed by atoms with van der Waals surface area (Å²) in [6.07, 6.45) is 0.190. The van der Waals surface area contributed by atoms with Crippen LogP contribution in [0.2, 0.25) is 0 Å². The Kier molecular flexibility index (Phi) is 3.47. The smallest absolute Gasteiger partial charge is 0.239 e. The number of carbonyl (C=O) groups excluding carboxylic acids is 2. The van der Waals surface area contributed by atoms with E-state index in [0.29, 0.717) is 6.54 Å². The van der Waals surface area contributed by atoms with Gasteiger partial charge in [-0.2, -0.15) is 0 Å². The molecule has 1 atom stereocenters. The number of nitrogens with one attached hydrogen (secondary N) is 1. The van der Waals surface area contributed by atoms with Crippen molar-refractivity contribution in [3.63, 3.8) is 0 Å². The summed E-state index contributed by atoms with van der Waals surface area (Å²) in [5.41, 5.74) is 2.84. The summed E-state index contributed by atoms with van der Waals surface area (Å²) in [5, 5.41) is 0. The first kappa shape index (κ1) is 12.4. The molecule has 0 unspecified atom stereocenters. The fourth-order valence-electron chi connectivity index (χ4n) is 2.01. The molecule has 0 aliphatic carbocycles. The first-order valence-corrected chi connectivity index (χ1v) is 5.60. The second-order valence-corrected chi connectivity index (χ2v) is 4.11. The van der Waals surface area contributed by atoms with Crippen LogP contribution < -0.4 is 20.9 Å². The van der Waals surface area contributed by atoms with Gasteiger partial charge in [-0.05, 0) is 24.3 Å². The van der Waals surface area contributed by atoms with Crippen LogP contribution in [-0.4, -0.2) is 25.5 Å². The molecule has 1 aromatic carbocycles. The van der Waals surface area contributed by atoms with Crippen LogP contribution in [0, 0.1) is 5.92 Å². The number of nitrogens with two attached hydrogens (primary N) is 1. The van der Waals surface area contributed by atoms with Gasteiger partial charge in [-0.15, -0.1) is 0 Å². The highest BCUT2D eigenvalue weighted by Gasteiger charge is 2.34. The number of methoxy groups -OCH3 is 1. The average Bonchev–Trinajstić information content (AvgIpc) is 2.80. The van der Waals surface area contributed by atoms with E-state index in [4.69, 9.17) is 10.6 Å². The molecule has 2 rings (SSSR count). The van der Waals surface area contributed by atoms with Crippen LogP contribution in [0.5, 0.6) is 5.75 Å². The van der Waals surface area contributed by atoms with Crippen LogP contribution in [0.25, 0.3) is 0 Å². The number of benzene rings is 1. The Labute approximate surface area is 105 Å². The Hall–Kier alpha value is -2.08. The van der Waals surface area contributed by atoms with Gasteiger partial charge in [-0.3, -0.25) is 15.0 Å². The first-order chi connectivity index (χ1) is 8.65. The third-order valence-electron chi connectivity index (χ3n) is 3.02. The van der Waals surface area contributed by atoms with Crippen molar-refractivity contribution >= 4 is 17.5 Å². The molecule has 2 amide bonds. The number of carbonyl (C=O) groups is 2. The molecule has 1 fully saturated rings. The summed E-state index contributed by atoms with van der Waals surface area (Å²) in [6, 6.07) is 7.14. The molecule has 0 radical (unpaired) electrons. The summed E-state index contributed by atoms with van der Waals surface area (Å²) in [4.78, 5) is 24.8. The molecule has 1 saturated heterocycles. The SMILES string of the molecule is COc1ccc(N2C[C@H](C(=O)NN)CC2=O)cc1. The minimum atomic E-state index is -0.385. The van der Waals surface area contributed by atoms with Crippen LogP contribution in [0.4, 0.5) is 5.69 Å². The van der Waals surface area contributed by atoms with Crippen molar-refractivity contribution < 1.29 is 14.3 Å². The van der Waals surface area contributed by atoms with Crippen LogP contribution in [0.3, 0.4) is 0 Å². The van der Waals surface area contributed by atoms with Crippen molar-refractivity contribution in [2.75, 3.05) is 18.6 Å². The van der Waals surface area contributed by atoms with Gasteiger partial charge >= 0.3 is 0 Å². The van der Waals surface area contributed by atoms with Gasteiger partial charge < -0.3 is 9.64 Å². The molecule has 3 N–H and O–H groups in total. The number of hydrazine groups is 1. The molecule has 18 heavy (non-hydrogen) atoms. The maximum absolute atomic E-state index is 11.8. The lowest BCUT2D eigenvalue weighted by atomic mass is 10.1. The predicted molar refractivity (Wildman–Crippen MR) is 65.8 cm³/mol. The van der Waals surface area contributed by atoms with Crippen LogP contribution in [0.1, 0.15) is 6.42 Å². The van der Waals surface area contributed by atoms with Crippen molar-refractivity contribution in [3.05, 3.63) is 24.3 Å². The van der Waals surface area contributed by atoms with E-state index in [9.17, 15) is 9.59 Å². The van der Waals surface area contributed by atoms with E-state index < -0.39 is 0 Å². The Bertz CT molecular complexity index is 458. The summed E-state index contributed by atoms with van der Waals surface area (Å²) in [6.45, 7) is 0.355. The molecule has 6 nitrogen and oxygen atoms in total. The summed E-state index contributed by atoms with van der Waals surface area (Å²) >= 11 is 0. The lowest BCUT2D eigenvalue weighted by Crippen LogP contribution is -2.37. The van der Waals surface area contributed by atoms with E-state index in [2.05, 4.69) is 5.43 Å². The quantitative estimate of drug-likeness (QED) is 0.450. The number of ether oxygens (including phenoxy) is 1. The highest BCUT2D eigenvalue weighted by atomic mass is 16.5. The van der Waals surface area contributed by atoms with Crippen LogP contribution in [0.15, 0.2) is 24.3 Å². The van der Waals surface area contributed by atoms with Gasteiger partial charge in [0.15, 0.2) is 0 Å². The zero-order valence-corrected chi connectivity index (χ0v) is 10.1. The number of amides is 2. The van der Waals surface area contributed by atoms with E-state index in [0.717, 1.165) is 11.4 Å². The number of hydrogen-bond donors (Lipinski definition) is 2. The Morgan fingerprint density at radius 2 is 2.11 bits per heavy atom. The summed E-state index contributed by atoms with van der Waals surface area (Å²) in [7, 11) is 1.58. The number of hydrogen-bond acceptors (Lipinski definition) is 4. The van der Waals surface area contributed by atoms with Gasteiger partial charge in [0.25, 0.3) is 0 Å². The predicted octanol–water partition coefficient (Wildman–Crippen LogP) is 0.0380. The fraction of sp³-hybridized carbons (Fsp3) is 0.333. The lowest BCUT2D eigenvalue weighted by Gasteiger charge is -2.16. The largest absolute Gasteiger partial charge is 0.497 e. The van der Waals surface area contributed by atoms with E-state index in [-0.39, 0.29) is 24.2 Å². The topological polar surface area (TPSA) is 84.7 Å². The summed E-state index contributed by atoms with van der Waals surface area (Å²) < 4.78 is 5.05. The van der Waals surface area contributed by atoms with Gasteiger partial charge in [0.05, 0.1) is 13.0 Å². The van der Waals surface area contributed by atoms with Crippen molar-refractivity contribution in [3.8, 4) is 5.75 Å². The number of rotatable bonds is 3. The zero-order valence-electron chi connectivity index (χ0n) is 10.1. The molecular formula is C12H15N3O3. The zero-order chi connectivity index (χ0) is 13.1. The summed E-state index contributed by atoms with van der Waals surface area (Å²) in [5.74, 6) is 5.03. The van der Waals surface area contributed by atoms with Gasteiger partial charge in [-0.1, -0.05) is 0 Å². The number of anilines is 1. The molecule has 1 aromatic rings. The van der Waals surface area contributed by atoms with E-state index in [1.165, 1.54) is 0 Å². The minimum absolute atomic E-state index is 0.0752. The van der Waals surface area contributed by atoms with E-state index >= 15 is 0 Å². The fourth-order valence-corrected chi connectivity index (χ4v) is 2.01. The maximum atomic E-state index is 11.8. The lowest BCUT2D eigenvalue weighted by molar-refractivity contribution is -0.126. The molecular weight excluding hydrogens is 234 g/mol. The van der Waals surface area contributed by atoms with Gasteiger partial charge in [-0.25, -0.2) is 5.84 Å². The Morgan fingerprint density at radius 3 is 2.67 bits per heavy atom. The minimum Gasteiger partial charge on any atom is -0.497 e. The molecule has 1 aliphatic heterocycles. The molecule has 0 aromatic heterocycles. The first-order valence-electron chi connectivity index (χ1n) is 5.60. The molecule has 6 heteroatoms. The van der Waals surface area contributed by atoms with E-state index in [1.54, 1.807) is 36.3 Å². The molecule has 0 bridgehead atoms. The Morgan fingerprint density at radius 1 is 1.44 bits per heavy atom. The second kappa shape index (κ2) is 5.05. The van der Waals surface area contributed by atoms with Gasteiger partial charge in [0, 0.05) is 18.7 Å². The highest BCUT2D eigenvalue weighted by molar-refractivity contribution is 6.00. The maximum Gasteiger partial charge on any atom is 0.239 e. The van der Waals surface area contributed by atoms with Crippen molar-refractivity contribution in [2.24, 2.45) is 11.8 Å². The molecule has 96 valence electrons. The Balaban J connectivity index is 2.13. The van der Waals surface area contributed by atoms with Gasteiger partial charge in [0.2, 0.25) is 11.8 Å². The molecule has 1 aliphatic rings. The second-order valence-electron chi connectivity index (χ2n) is 4.11. The standard InChI is InChI=1S/C12H15N3O3/c1-18-10-4-2-9(3-5-10)15-7-8(6-11(15)16)12(17)14-13/h2-5,8H,6-7,13H2,1H3,(H,14,17)/t8-/m1/s1. The monoisotopic (exact) mass is 249 g/mol. The molecule has 1 heterocycles. The number of nitrogens with zero attached hydrogens (tertiary/aromatic N) is 1. The average molecular weight is 249 g/mol. The molecule has 0 saturated carbocycles. The van der Waals surface area contributed by atoms with E-state index in [1.807, 2.05) is 0 Å². The third-order valence-corrected chi connectivity index (χ3v) is 3.02. The third kappa shape index (κ3) is 2.28. The van der Waals surface area contributed by atoms with Crippen molar-refractivity contribution in [2.45, 2.75) is 6.42 Å².